The van der Waals surface area contributed by atoms with Crippen LogP contribution in [0, 0.1) is 6.92 Å². The predicted molar refractivity (Wildman–Crippen MR) is 69.3 cm³/mol. The molecule has 2 heterocycles. The van der Waals surface area contributed by atoms with Crippen molar-refractivity contribution in [2.75, 3.05) is 11.9 Å². The zero-order chi connectivity index (χ0) is 12.5. The number of carbonyl (C=O) groups excluding carboxylic acids is 1. The van der Waals surface area contributed by atoms with E-state index >= 15 is 0 Å². The molecular formula is C13H14N4O. The molecule has 1 aromatic heterocycles. The van der Waals surface area contributed by atoms with Crippen LogP contribution in [0.1, 0.15) is 12.1 Å². The van der Waals surface area contributed by atoms with Crippen LogP contribution >= 0.6 is 0 Å². The van der Waals surface area contributed by atoms with Crippen molar-refractivity contribution in [2.45, 2.75) is 19.4 Å². The van der Waals surface area contributed by atoms with Gasteiger partial charge in [0.25, 0.3) is 0 Å². The van der Waals surface area contributed by atoms with Crippen LogP contribution in [0.25, 0.3) is 10.8 Å². The van der Waals surface area contributed by atoms with Crippen molar-refractivity contribution in [3.05, 3.63) is 30.0 Å². The van der Waals surface area contributed by atoms with Crippen molar-refractivity contribution < 1.29 is 4.79 Å². The SMILES string of the molecule is Cc1nnc(NC2CNC(=O)C2)c2ccccc12. The van der Waals surface area contributed by atoms with Crippen LogP contribution in [-0.4, -0.2) is 28.7 Å². The maximum absolute atomic E-state index is 11.2. The fraction of sp³-hybridized carbons (Fsp3) is 0.308. The van der Waals surface area contributed by atoms with Gasteiger partial charge in [0.15, 0.2) is 5.82 Å². The number of nitrogens with one attached hydrogen (secondary N) is 2. The molecule has 1 aliphatic heterocycles. The number of carbonyl (C=O) groups is 1. The van der Waals surface area contributed by atoms with Crippen molar-refractivity contribution in [1.82, 2.24) is 15.5 Å². The number of benzene rings is 1. The summed E-state index contributed by atoms with van der Waals surface area (Å²) in [5, 5.41) is 16.6. The van der Waals surface area contributed by atoms with Crippen LogP contribution in [-0.2, 0) is 4.79 Å². The molecule has 92 valence electrons. The van der Waals surface area contributed by atoms with Crippen molar-refractivity contribution in [2.24, 2.45) is 0 Å². The zero-order valence-corrected chi connectivity index (χ0v) is 10.1. The van der Waals surface area contributed by atoms with E-state index in [9.17, 15) is 4.79 Å². The van der Waals surface area contributed by atoms with Crippen molar-refractivity contribution in [1.29, 1.82) is 0 Å². The van der Waals surface area contributed by atoms with E-state index in [1.165, 1.54) is 0 Å². The van der Waals surface area contributed by atoms with Gasteiger partial charge < -0.3 is 10.6 Å². The van der Waals surface area contributed by atoms with Gasteiger partial charge in [-0.05, 0) is 6.92 Å². The first kappa shape index (κ1) is 11.0. The summed E-state index contributed by atoms with van der Waals surface area (Å²) in [6.07, 6.45) is 0.490. The number of anilines is 1. The van der Waals surface area contributed by atoms with Crippen LogP contribution in [0.3, 0.4) is 0 Å². The number of hydrogen-bond acceptors (Lipinski definition) is 4. The third kappa shape index (κ3) is 1.88. The fourth-order valence-electron chi connectivity index (χ4n) is 2.25. The average Bonchev–Trinajstić information content (AvgIpc) is 2.79. The first-order chi connectivity index (χ1) is 8.74. The van der Waals surface area contributed by atoms with Gasteiger partial charge in [-0.25, -0.2) is 0 Å². The molecule has 1 atom stereocenters. The van der Waals surface area contributed by atoms with Gasteiger partial charge in [-0.2, -0.15) is 5.10 Å². The van der Waals surface area contributed by atoms with Gasteiger partial charge in [0.1, 0.15) is 0 Å². The third-order valence-corrected chi connectivity index (χ3v) is 3.19. The molecule has 0 spiro atoms. The lowest BCUT2D eigenvalue weighted by Gasteiger charge is -2.13. The van der Waals surface area contributed by atoms with E-state index in [0.29, 0.717) is 13.0 Å². The normalized spacial score (nSPS) is 18.9. The van der Waals surface area contributed by atoms with E-state index in [1.54, 1.807) is 0 Å². The summed E-state index contributed by atoms with van der Waals surface area (Å²) in [7, 11) is 0. The largest absolute Gasteiger partial charge is 0.363 e. The van der Waals surface area contributed by atoms with E-state index < -0.39 is 0 Å². The Kier molecular flexibility index (Phi) is 2.59. The first-order valence-electron chi connectivity index (χ1n) is 5.99. The maximum Gasteiger partial charge on any atom is 0.222 e. The Morgan fingerprint density at radius 2 is 2.06 bits per heavy atom. The molecule has 1 saturated heterocycles. The Hall–Kier alpha value is -2.17. The van der Waals surface area contributed by atoms with Crippen LogP contribution in [0.2, 0.25) is 0 Å². The second kappa shape index (κ2) is 4.25. The van der Waals surface area contributed by atoms with E-state index in [4.69, 9.17) is 0 Å². The highest BCUT2D eigenvalue weighted by atomic mass is 16.1. The minimum Gasteiger partial charge on any atom is -0.363 e. The first-order valence-corrected chi connectivity index (χ1v) is 5.99. The predicted octanol–water partition coefficient (Wildman–Crippen LogP) is 1.24. The van der Waals surface area contributed by atoms with E-state index in [-0.39, 0.29) is 11.9 Å². The molecule has 1 aromatic carbocycles. The summed E-state index contributed by atoms with van der Waals surface area (Å²) in [5.41, 5.74) is 0.914. The molecule has 0 radical (unpaired) electrons. The van der Waals surface area contributed by atoms with E-state index in [2.05, 4.69) is 20.8 Å². The molecule has 5 nitrogen and oxygen atoms in total. The number of hydrogen-bond donors (Lipinski definition) is 2. The van der Waals surface area contributed by atoms with Crippen LogP contribution in [0.15, 0.2) is 24.3 Å². The molecule has 1 fully saturated rings. The van der Waals surface area contributed by atoms with Gasteiger partial charge in [0.2, 0.25) is 5.91 Å². The van der Waals surface area contributed by atoms with Gasteiger partial charge in [-0.15, -0.1) is 5.10 Å². The topological polar surface area (TPSA) is 66.9 Å². The summed E-state index contributed by atoms with van der Waals surface area (Å²) in [6, 6.07) is 8.11. The molecular weight excluding hydrogens is 228 g/mol. The number of fused-ring (bicyclic) bond motifs is 1. The smallest absolute Gasteiger partial charge is 0.222 e. The zero-order valence-electron chi connectivity index (χ0n) is 10.1. The number of rotatable bonds is 2. The minimum absolute atomic E-state index is 0.0804. The number of aromatic nitrogens is 2. The lowest BCUT2D eigenvalue weighted by Crippen LogP contribution is -2.23. The molecule has 0 aliphatic carbocycles. The summed E-state index contributed by atoms with van der Waals surface area (Å²) in [4.78, 5) is 11.2. The number of amides is 1. The maximum atomic E-state index is 11.2. The Morgan fingerprint density at radius 3 is 2.78 bits per heavy atom. The molecule has 0 saturated carbocycles. The quantitative estimate of drug-likeness (QED) is 0.831. The monoisotopic (exact) mass is 242 g/mol. The summed E-state index contributed by atoms with van der Waals surface area (Å²) >= 11 is 0. The van der Waals surface area contributed by atoms with E-state index in [1.807, 2.05) is 31.2 Å². The Labute approximate surface area is 105 Å². The van der Waals surface area contributed by atoms with Crippen molar-refractivity contribution in [3.63, 3.8) is 0 Å². The van der Waals surface area contributed by atoms with E-state index in [0.717, 1.165) is 22.3 Å². The van der Waals surface area contributed by atoms with Gasteiger partial charge in [-0.1, -0.05) is 24.3 Å². The Balaban J connectivity index is 1.97. The number of aryl methyl sites for hydroxylation is 1. The van der Waals surface area contributed by atoms with Gasteiger partial charge >= 0.3 is 0 Å². The Bertz CT molecular complexity index is 611. The molecule has 1 amide bonds. The van der Waals surface area contributed by atoms with Crippen molar-refractivity contribution in [3.8, 4) is 0 Å². The second-order valence-electron chi connectivity index (χ2n) is 4.53. The highest BCUT2D eigenvalue weighted by Gasteiger charge is 2.22. The highest BCUT2D eigenvalue weighted by molar-refractivity contribution is 5.93. The summed E-state index contributed by atoms with van der Waals surface area (Å²) in [6.45, 7) is 2.59. The lowest BCUT2D eigenvalue weighted by atomic mass is 10.1. The lowest BCUT2D eigenvalue weighted by molar-refractivity contribution is -0.119. The second-order valence-corrected chi connectivity index (χ2v) is 4.53. The van der Waals surface area contributed by atoms with Crippen LogP contribution < -0.4 is 10.6 Å². The molecule has 18 heavy (non-hydrogen) atoms. The molecule has 1 unspecified atom stereocenters. The third-order valence-electron chi connectivity index (χ3n) is 3.19. The summed E-state index contributed by atoms with van der Waals surface area (Å²) in [5.74, 6) is 0.828. The van der Waals surface area contributed by atoms with Gasteiger partial charge in [0, 0.05) is 23.7 Å². The van der Waals surface area contributed by atoms with Crippen LogP contribution in [0.4, 0.5) is 5.82 Å². The molecule has 2 aromatic rings. The molecule has 5 heteroatoms. The number of nitrogens with zero attached hydrogens (tertiary/aromatic N) is 2. The highest BCUT2D eigenvalue weighted by Crippen LogP contribution is 2.23. The average molecular weight is 242 g/mol. The molecule has 1 aliphatic rings. The van der Waals surface area contributed by atoms with Crippen LogP contribution in [0.5, 0.6) is 0 Å². The molecule has 0 bridgehead atoms. The van der Waals surface area contributed by atoms with Gasteiger partial charge in [0.05, 0.1) is 11.7 Å². The summed E-state index contributed by atoms with van der Waals surface area (Å²) < 4.78 is 0. The Morgan fingerprint density at radius 1 is 1.28 bits per heavy atom. The molecule has 3 rings (SSSR count). The fourth-order valence-corrected chi connectivity index (χ4v) is 2.25. The van der Waals surface area contributed by atoms with Gasteiger partial charge in [-0.3, -0.25) is 4.79 Å². The molecule has 2 N–H and O–H groups in total. The minimum atomic E-state index is 0.0804. The standard InChI is InChI=1S/C13H14N4O/c1-8-10-4-2-3-5-11(10)13(17-16-8)15-9-6-12(18)14-7-9/h2-5,9H,6-7H2,1H3,(H,14,18)(H,15,17). The van der Waals surface area contributed by atoms with Crippen molar-refractivity contribution >= 4 is 22.5 Å².